The number of hydrogen-bond donors (Lipinski definition) is 3. The fraction of sp³-hybridized carbons (Fsp3) is 0.250. The van der Waals surface area contributed by atoms with E-state index in [0.29, 0.717) is 23.8 Å². The predicted molar refractivity (Wildman–Crippen MR) is 109 cm³/mol. The highest BCUT2D eigenvalue weighted by Crippen LogP contribution is 2.26. The van der Waals surface area contributed by atoms with Crippen LogP contribution in [0.2, 0.25) is 0 Å². The number of nitrogens with one attached hydrogen (secondary N) is 3. The monoisotopic (exact) mass is 399 g/mol. The van der Waals surface area contributed by atoms with Crippen molar-refractivity contribution in [2.75, 3.05) is 11.9 Å². The van der Waals surface area contributed by atoms with E-state index in [1.807, 2.05) is 32.0 Å². The van der Waals surface area contributed by atoms with Gasteiger partial charge in [0.05, 0.1) is 11.9 Å². The van der Waals surface area contributed by atoms with E-state index < -0.39 is 0 Å². The highest BCUT2D eigenvalue weighted by molar-refractivity contribution is 6.04. The minimum absolute atomic E-state index is 0. The minimum Gasteiger partial charge on any atom is -0.439 e. The lowest BCUT2D eigenvalue weighted by atomic mass is 10.1. The van der Waals surface area contributed by atoms with Crippen LogP contribution in [0.15, 0.2) is 36.5 Å². The first-order valence-electron chi connectivity index (χ1n) is 8.90. The Balaban J connectivity index is 0.00000225. The maximum atomic E-state index is 12.5. The van der Waals surface area contributed by atoms with Gasteiger partial charge < -0.3 is 15.4 Å². The topological polar surface area (TPSA) is 91.9 Å². The van der Waals surface area contributed by atoms with E-state index in [9.17, 15) is 4.79 Å². The minimum atomic E-state index is -0.249. The molecular weight excluding hydrogens is 378 g/mol. The van der Waals surface area contributed by atoms with Crippen molar-refractivity contribution in [3.63, 3.8) is 0 Å². The Bertz CT molecular complexity index is 985. The largest absolute Gasteiger partial charge is 0.439 e. The average molecular weight is 400 g/mol. The van der Waals surface area contributed by atoms with Crippen LogP contribution in [0.25, 0.3) is 0 Å². The average Bonchev–Trinajstić information content (AvgIpc) is 3.11. The van der Waals surface area contributed by atoms with E-state index in [0.717, 1.165) is 41.1 Å². The molecule has 2 aromatic heterocycles. The third-order valence-electron chi connectivity index (χ3n) is 4.79. The molecule has 7 nitrogen and oxygen atoms in total. The van der Waals surface area contributed by atoms with Crippen molar-refractivity contribution in [2.45, 2.75) is 26.8 Å². The number of aryl methyl sites for hydroxylation is 1. The maximum Gasteiger partial charge on any atom is 0.276 e. The van der Waals surface area contributed by atoms with E-state index in [-0.39, 0.29) is 18.3 Å². The summed E-state index contributed by atoms with van der Waals surface area (Å²) in [4.78, 5) is 16.8. The molecule has 8 heteroatoms. The summed E-state index contributed by atoms with van der Waals surface area (Å²) in [6, 6.07) is 9.40. The van der Waals surface area contributed by atoms with E-state index in [1.54, 1.807) is 18.3 Å². The number of nitrogens with zero attached hydrogens (tertiary/aromatic N) is 2. The first-order chi connectivity index (χ1) is 13.1. The number of amides is 1. The fourth-order valence-electron chi connectivity index (χ4n) is 3.07. The van der Waals surface area contributed by atoms with Crippen LogP contribution in [0.4, 0.5) is 5.69 Å². The van der Waals surface area contributed by atoms with Crippen molar-refractivity contribution < 1.29 is 9.53 Å². The van der Waals surface area contributed by atoms with Gasteiger partial charge in [0.25, 0.3) is 5.91 Å². The highest BCUT2D eigenvalue weighted by Gasteiger charge is 2.21. The Morgan fingerprint density at radius 3 is 2.86 bits per heavy atom. The van der Waals surface area contributed by atoms with Crippen LogP contribution in [0.5, 0.6) is 11.6 Å². The second kappa shape index (κ2) is 8.41. The van der Waals surface area contributed by atoms with E-state index in [1.165, 1.54) is 0 Å². The number of carbonyl (C=O) groups excluding carboxylic acids is 1. The molecule has 0 saturated carbocycles. The van der Waals surface area contributed by atoms with Gasteiger partial charge in [-0.2, -0.15) is 5.10 Å². The van der Waals surface area contributed by atoms with Crippen molar-refractivity contribution in [2.24, 2.45) is 0 Å². The molecule has 0 spiro atoms. The molecule has 0 fully saturated rings. The first kappa shape index (κ1) is 19.9. The van der Waals surface area contributed by atoms with E-state index in [4.69, 9.17) is 4.74 Å². The molecule has 0 bridgehead atoms. The quantitative estimate of drug-likeness (QED) is 0.624. The summed E-state index contributed by atoms with van der Waals surface area (Å²) in [6.07, 6.45) is 2.43. The van der Waals surface area contributed by atoms with Gasteiger partial charge in [0.15, 0.2) is 5.69 Å². The SMILES string of the molecule is Cc1cccc(Oc2ccc(NC(=O)c3n[nH]c4c3CNCC4)cn2)c1C.Cl. The number of aromatic amines is 1. The molecule has 1 aromatic carbocycles. The summed E-state index contributed by atoms with van der Waals surface area (Å²) in [5.74, 6) is 0.999. The van der Waals surface area contributed by atoms with E-state index in [2.05, 4.69) is 25.8 Å². The van der Waals surface area contributed by atoms with Gasteiger partial charge in [-0.05, 0) is 37.1 Å². The van der Waals surface area contributed by atoms with Crippen LogP contribution in [0, 0.1) is 13.8 Å². The van der Waals surface area contributed by atoms with Crippen molar-refractivity contribution in [1.82, 2.24) is 20.5 Å². The first-order valence-corrected chi connectivity index (χ1v) is 8.90. The number of pyridine rings is 1. The smallest absolute Gasteiger partial charge is 0.276 e. The number of ether oxygens (including phenoxy) is 1. The Hall–Kier alpha value is -2.90. The lowest BCUT2D eigenvalue weighted by Crippen LogP contribution is -2.25. The maximum absolute atomic E-state index is 12.5. The van der Waals surface area contributed by atoms with Gasteiger partial charge in [-0.1, -0.05) is 12.1 Å². The molecular formula is C20H22ClN5O2. The molecule has 4 rings (SSSR count). The Morgan fingerprint density at radius 2 is 2.07 bits per heavy atom. The summed E-state index contributed by atoms with van der Waals surface area (Å²) < 4.78 is 5.85. The summed E-state index contributed by atoms with van der Waals surface area (Å²) in [5.41, 5.74) is 5.21. The zero-order valence-electron chi connectivity index (χ0n) is 15.7. The van der Waals surface area contributed by atoms with Crippen LogP contribution in [0.1, 0.15) is 32.9 Å². The summed E-state index contributed by atoms with van der Waals surface area (Å²) in [7, 11) is 0. The third-order valence-corrected chi connectivity index (χ3v) is 4.79. The molecule has 3 aromatic rings. The van der Waals surface area contributed by atoms with Crippen LogP contribution in [-0.2, 0) is 13.0 Å². The van der Waals surface area contributed by atoms with Gasteiger partial charge in [-0.15, -0.1) is 12.4 Å². The molecule has 28 heavy (non-hydrogen) atoms. The van der Waals surface area contributed by atoms with Gasteiger partial charge in [0, 0.05) is 36.8 Å². The number of fused-ring (bicyclic) bond motifs is 1. The number of hydrogen-bond acceptors (Lipinski definition) is 5. The molecule has 0 radical (unpaired) electrons. The second-order valence-electron chi connectivity index (χ2n) is 6.60. The molecule has 3 N–H and O–H groups in total. The lowest BCUT2D eigenvalue weighted by molar-refractivity contribution is 0.102. The Labute approximate surface area is 169 Å². The van der Waals surface area contributed by atoms with Crippen LogP contribution >= 0.6 is 12.4 Å². The van der Waals surface area contributed by atoms with Gasteiger partial charge >= 0.3 is 0 Å². The van der Waals surface area contributed by atoms with Gasteiger partial charge in [-0.3, -0.25) is 9.89 Å². The molecule has 146 valence electrons. The normalized spacial score (nSPS) is 12.6. The molecule has 0 saturated heterocycles. The molecule has 3 heterocycles. The molecule has 0 atom stereocenters. The number of benzene rings is 1. The van der Waals surface area contributed by atoms with Crippen LogP contribution in [-0.4, -0.2) is 27.6 Å². The molecule has 1 aliphatic rings. The predicted octanol–water partition coefficient (Wildman–Crippen LogP) is 3.53. The van der Waals surface area contributed by atoms with Crippen molar-refractivity contribution >= 4 is 24.0 Å². The zero-order valence-corrected chi connectivity index (χ0v) is 16.5. The Morgan fingerprint density at radius 1 is 1.21 bits per heavy atom. The number of rotatable bonds is 4. The number of anilines is 1. The summed E-state index contributed by atoms with van der Waals surface area (Å²) in [5, 5.41) is 13.2. The zero-order chi connectivity index (χ0) is 18.8. The van der Waals surface area contributed by atoms with Gasteiger partial charge in [-0.25, -0.2) is 4.98 Å². The number of halogens is 1. The molecule has 1 amide bonds. The molecule has 0 unspecified atom stereocenters. The summed E-state index contributed by atoms with van der Waals surface area (Å²) >= 11 is 0. The summed E-state index contributed by atoms with van der Waals surface area (Å²) in [6.45, 7) is 5.59. The van der Waals surface area contributed by atoms with Crippen LogP contribution in [0.3, 0.4) is 0 Å². The van der Waals surface area contributed by atoms with Crippen molar-refractivity contribution in [3.05, 3.63) is 64.6 Å². The number of aromatic nitrogens is 3. The van der Waals surface area contributed by atoms with E-state index >= 15 is 0 Å². The highest BCUT2D eigenvalue weighted by atomic mass is 35.5. The van der Waals surface area contributed by atoms with Crippen molar-refractivity contribution in [1.29, 1.82) is 0 Å². The molecule has 0 aliphatic carbocycles. The van der Waals surface area contributed by atoms with Crippen molar-refractivity contribution in [3.8, 4) is 11.6 Å². The van der Waals surface area contributed by atoms with Gasteiger partial charge in [0.2, 0.25) is 5.88 Å². The fourth-order valence-corrected chi connectivity index (χ4v) is 3.07. The number of carbonyl (C=O) groups is 1. The Kier molecular flexibility index (Phi) is 5.96. The second-order valence-corrected chi connectivity index (χ2v) is 6.60. The lowest BCUT2D eigenvalue weighted by Gasteiger charge is -2.13. The number of H-pyrrole nitrogens is 1. The third kappa shape index (κ3) is 4.00. The van der Waals surface area contributed by atoms with Crippen LogP contribution < -0.4 is 15.4 Å². The standard InChI is InChI=1S/C20H21N5O2.ClH/c1-12-4-3-5-17(13(12)2)27-18-7-6-14(10-22-18)23-20(26)19-15-11-21-9-8-16(15)24-25-19;/h3-7,10,21H,8-9,11H2,1-2H3,(H,23,26)(H,24,25);1H. The van der Waals surface area contributed by atoms with Gasteiger partial charge in [0.1, 0.15) is 5.75 Å². The molecule has 1 aliphatic heterocycles.